The summed E-state index contributed by atoms with van der Waals surface area (Å²) in [4.78, 5) is 22.5. The summed E-state index contributed by atoms with van der Waals surface area (Å²) in [7, 11) is 0. The van der Waals surface area contributed by atoms with Crippen LogP contribution in [0.2, 0.25) is 0 Å². The highest BCUT2D eigenvalue weighted by molar-refractivity contribution is 5.89. The second kappa shape index (κ2) is 4.99. The average Bonchev–Trinajstić information content (AvgIpc) is 3.12. The molecule has 0 heterocycles. The topological polar surface area (TPSA) is 66.4 Å². The Hall–Kier alpha value is -1.91. The minimum atomic E-state index is -0.936. The lowest BCUT2D eigenvalue weighted by molar-refractivity contribution is -0.140. The molecule has 4 nitrogen and oxygen atoms in total. The Bertz CT molecular complexity index is 529. The molecule has 0 aromatic heterocycles. The molecule has 2 N–H and O–H groups in total. The van der Waals surface area contributed by atoms with Crippen LogP contribution in [-0.2, 0) is 9.59 Å². The van der Waals surface area contributed by atoms with Crippen LogP contribution in [0.3, 0.4) is 0 Å². The third-order valence-electron chi connectivity index (χ3n) is 3.50. The molecular weight excluding hydrogens is 249 g/mol. The number of aliphatic carboxylic acids is 1. The molecule has 1 aromatic rings. The molecular formula is C14H16FNO3. The first kappa shape index (κ1) is 13.5. The maximum absolute atomic E-state index is 13.4. The Morgan fingerprint density at radius 3 is 2.63 bits per heavy atom. The first-order chi connectivity index (χ1) is 8.90. The number of carboxylic acids is 1. The molecule has 0 aliphatic heterocycles. The fourth-order valence-corrected chi connectivity index (χ4v) is 2.04. The third-order valence-corrected chi connectivity index (χ3v) is 3.50. The van der Waals surface area contributed by atoms with Gasteiger partial charge in [0.15, 0.2) is 0 Å². The summed E-state index contributed by atoms with van der Waals surface area (Å²) >= 11 is 0. The Morgan fingerprint density at radius 1 is 1.42 bits per heavy atom. The number of aryl methyl sites for hydroxylation is 1. The summed E-state index contributed by atoms with van der Waals surface area (Å²) in [6.45, 7) is 3.42. The van der Waals surface area contributed by atoms with Gasteiger partial charge in [0.05, 0.1) is 17.9 Å². The van der Waals surface area contributed by atoms with E-state index >= 15 is 0 Å². The van der Waals surface area contributed by atoms with E-state index in [2.05, 4.69) is 5.32 Å². The molecule has 5 heteroatoms. The molecule has 1 aliphatic carbocycles. The van der Waals surface area contributed by atoms with Crippen LogP contribution in [0.1, 0.15) is 30.5 Å². The average molecular weight is 265 g/mol. The van der Waals surface area contributed by atoms with E-state index in [4.69, 9.17) is 5.11 Å². The first-order valence-electron chi connectivity index (χ1n) is 6.19. The van der Waals surface area contributed by atoms with Gasteiger partial charge in [-0.1, -0.05) is 12.1 Å². The highest BCUT2D eigenvalue weighted by atomic mass is 19.1. The van der Waals surface area contributed by atoms with Gasteiger partial charge >= 0.3 is 5.97 Å². The molecule has 0 unspecified atom stereocenters. The largest absolute Gasteiger partial charge is 0.481 e. The van der Waals surface area contributed by atoms with Crippen LogP contribution in [0.5, 0.6) is 0 Å². The molecule has 3 atom stereocenters. The zero-order valence-electron chi connectivity index (χ0n) is 10.8. The van der Waals surface area contributed by atoms with Crippen molar-refractivity contribution in [3.63, 3.8) is 0 Å². The van der Waals surface area contributed by atoms with Gasteiger partial charge in [0.1, 0.15) is 5.82 Å². The van der Waals surface area contributed by atoms with Crippen molar-refractivity contribution in [1.82, 2.24) is 5.32 Å². The predicted octanol–water partition coefficient (Wildman–Crippen LogP) is 2.03. The maximum atomic E-state index is 13.4. The first-order valence-corrected chi connectivity index (χ1v) is 6.19. The highest BCUT2D eigenvalue weighted by Gasteiger charge is 2.48. The monoisotopic (exact) mass is 265 g/mol. The van der Waals surface area contributed by atoms with Crippen LogP contribution < -0.4 is 5.32 Å². The molecule has 19 heavy (non-hydrogen) atoms. The molecule has 0 bridgehead atoms. The second-order valence-electron chi connectivity index (χ2n) is 5.03. The zero-order valence-corrected chi connectivity index (χ0v) is 10.8. The number of carbonyl (C=O) groups is 2. The second-order valence-corrected chi connectivity index (χ2v) is 5.03. The Kier molecular flexibility index (Phi) is 3.55. The number of hydrogen-bond donors (Lipinski definition) is 2. The molecule has 1 amide bonds. The summed E-state index contributed by atoms with van der Waals surface area (Å²) in [5.74, 6) is -2.54. The normalized spacial score (nSPS) is 22.7. The molecule has 1 aliphatic rings. The van der Waals surface area contributed by atoms with Crippen LogP contribution in [-0.4, -0.2) is 17.0 Å². The van der Waals surface area contributed by atoms with Crippen LogP contribution >= 0.6 is 0 Å². The van der Waals surface area contributed by atoms with Crippen LogP contribution in [0.4, 0.5) is 4.39 Å². The lowest BCUT2D eigenvalue weighted by Gasteiger charge is -2.14. The molecule has 0 saturated heterocycles. The summed E-state index contributed by atoms with van der Waals surface area (Å²) in [6.07, 6.45) is 0.385. The van der Waals surface area contributed by atoms with E-state index in [-0.39, 0.29) is 17.8 Å². The van der Waals surface area contributed by atoms with Gasteiger partial charge in [-0.3, -0.25) is 9.59 Å². The van der Waals surface area contributed by atoms with Gasteiger partial charge < -0.3 is 10.4 Å². The number of benzene rings is 1. The van der Waals surface area contributed by atoms with Gasteiger partial charge in [0.2, 0.25) is 5.91 Å². The van der Waals surface area contributed by atoms with E-state index in [0.29, 0.717) is 17.5 Å². The molecule has 0 radical (unpaired) electrons. The Morgan fingerprint density at radius 2 is 2.11 bits per heavy atom. The van der Waals surface area contributed by atoms with Gasteiger partial charge in [-0.25, -0.2) is 4.39 Å². The van der Waals surface area contributed by atoms with Gasteiger partial charge in [0.25, 0.3) is 0 Å². The van der Waals surface area contributed by atoms with E-state index < -0.39 is 17.8 Å². The number of halogens is 1. The van der Waals surface area contributed by atoms with Crippen molar-refractivity contribution in [2.75, 3.05) is 0 Å². The molecule has 2 rings (SSSR count). The van der Waals surface area contributed by atoms with Crippen LogP contribution in [0.25, 0.3) is 0 Å². The van der Waals surface area contributed by atoms with E-state index in [1.54, 1.807) is 26.0 Å². The number of carboxylic acid groups (broad SMARTS) is 1. The molecule has 0 spiro atoms. The standard InChI is InChI=1S/C14H16FNO3/c1-7-3-4-9(5-12(7)15)8(2)16-13(17)10-6-11(10)14(18)19/h3-5,8,10-11H,6H2,1-2H3,(H,16,17)(H,18,19)/t8-,10-,11+/m0/s1. The van der Waals surface area contributed by atoms with Crippen molar-refractivity contribution in [1.29, 1.82) is 0 Å². The zero-order chi connectivity index (χ0) is 14.2. The number of nitrogens with one attached hydrogen (secondary N) is 1. The molecule has 1 aromatic carbocycles. The van der Waals surface area contributed by atoms with Gasteiger partial charge in [0, 0.05) is 0 Å². The summed E-state index contributed by atoms with van der Waals surface area (Å²) < 4.78 is 13.4. The SMILES string of the molecule is Cc1ccc([C@H](C)NC(=O)[C@H]2C[C@H]2C(=O)O)cc1F. The van der Waals surface area contributed by atoms with E-state index in [0.717, 1.165) is 0 Å². The Balaban J connectivity index is 1.97. The minimum absolute atomic E-state index is 0.277. The van der Waals surface area contributed by atoms with E-state index in [1.807, 2.05) is 0 Å². The van der Waals surface area contributed by atoms with E-state index in [9.17, 15) is 14.0 Å². The quantitative estimate of drug-likeness (QED) is 0.875. The van der Waals surface area contributed by atoms with Crippen LogP contribution in [0, 0.1) is 24.6 Å². The highest BCUT2D eigenvalue weighted by Crippen LogP contribution is 2.39. The fourth-order valence-electron chi connectivity index (χ4n) is 2.04. The third kappa shape index (κ3) is 2.92. The van der Waals surface area contributed by atoms with Crippen molar-refractivity contribution in [2.24, 2.45) is 11.8 Å². The number of rotatable bonds is 4. The maximum Gasteiger partial charge on any atom is 0.307 e. The van der Waals surface area contributed by atoms with Crippen molar-refractivity contribution in [3.05, 3.63) is 35.1 Å². The molecule has 1 fully saturated rings. The van der Waals surface area contributed by atoms with Crippen molar-refractivity contribution in [2.45, 2.75) is 26.3 Å². The number of hydrogen-bond acceptors (Lipinski definition) is 2. The lowest BCUT2D eigenvalue weighted by atomic mass is 10.1. The molecule has 1 saturated carbocycles. The smallest absolute Gasteiger partial charge is 0.307 e. The minimum Gasteiger partial charge on any atom is -0.481 e. The lowest BCUT2D eigenvalue weighted by Crippen LogP contribution is -2.29. The summed E-state index contributed by atoms with van der Waals surface area (Å²) in [5, 5.41) is 11.5. The van der Waals surface area contributed by atoms with Crippen molar-refractivity contribution in [3.8, 4) is 0 Å². The molecule has 102 valence electrons. The Labute approximate surface area is 110 Å². The van der Waals surface area contributed by atoms with Gasteiger partial charge in [-0.2, -0.15) is 0 Å². The predicted molar refractivity (Wildman–Crippen MR) is 66.9 cm³/mol. The van der Waals surface area contributed by atoms with E-state index in [1.165, 1.54) is 6.07 Å². The number of amides is 1. The van der Waals surface area contributed by atoms with Gasteiger partial charge in [-0.15, -0.1) is 0 Å². The summed E-state index contributed by atoms with van der Waals surface area (Å²) in [5.41, 5.74) is 1.22. The summed E-state index contributed by atoms with van der Waals surface area (Å²) in [6, 6.07) is 4.47. The van der Waals surface area contributed by atoms with Crippen LogP contribution in [0.15, 0.2) is 18.2 Å². The van der Waals surface area contributed by atoms with Gasteiger partial charge in [-0.05, 0) is 37.5 Å². The van der Waals surface area contributed by atoms with Crippen molar-refractivity contribution < 1.29 is 19.1 Å². The fraction of sp³-hybridized carbons (Fsp3) is 0.429. The number of carbonyl (C=O) groups excluding carboxylic acids is 1. The van der Waals surface area contributed by atoms with Crippen molar-refractivity contribution >= 4 is 11.9 Å².